The number of rotatable bonds is 8. The van der Waals surface area contributed by atoms with Crippen LogP contribution < -0.4 is 24.8 Å². The Kier molecular flexibility index (Phi) is 7.93. The first kappa shape index (κ1) is 22.1. The highest BCUT2D eigenvalue weighted by atomic mass is 19.4. The Morgan fingerprint density at radius 3 is 2.52 bits per heavy atom. The number of anilines is 1. The zero-order valence-corrected chi connectivity index (χ0v) is 16.3. The number of benzene rings is 1. The molecule has 0 saturated carbocycles. The molecule has 0 spiro atoms. The maximum Gasteiger partial charge on any atom is 0.417 e. The molecule has 1 aromatic heterocycles. The maximum atomic E-state index is 12.5. The van der Waals surface area contributed by atoms with E-state index in [-0.39, 0.29) is 12.5 Å². The van der Waals surface area contributed by atoms with Gasteiger partial charge in [0.25, 0.3) is 0 Å². The first-order valence-electron chi connectivity index (χ1n) is 8.82. The number of pyridine rings is 1. The molecule has 0 radical (unpaired) electrons. The molecule has 2 aromatic rings. The van der Waals surface area contributed by atoms with E-state index in [1.54, 1.807) is 26.3 Å². The minimum absolute atomic E-state index is 0.110. The van der Waals surface area contributed by atoms with Crippen molar-refractivity contribution in [1.29, 1.82) is 0 Å². The highest BCUT2D eigenvalue weighted by Gasteiger charge is 2.30. The van der Waals surface area contributed by atoms with E-state index < -0.39 is 11.7 Å². The Bertz CT molecular complexity index is 811. The highest BCUT2D eigenvalue weighted by molar-refractivity contribution is 5.93. The third-order valence-electron chi connectivity index (χ3n) is 3.66. The lowest BCUT2D eigenvalue weighted by Gasteiger charge is -2.15. The number of ether oxygens (including phenoxy) is 3. The van der Waals surface area contributed by atoms with Crippen LogP contribution >= 0.6 is 0 Å². The molecule has 0 fully saturated rings. The van der Waals surface area contributed by atoms with Crippen molar-refractivity contribution in [3.05, 3.63) is 42.1 Å². The zero-order valence-electron chi connectivity index (χ0n) is 16.3. The molecule has 2 rings (SSSR count). The largest absolute Gasteiger partial charge is 0.493 e. The van der Waals surface area contributed by atoms with Crippen LogP contribution in [0.3, 0.4) is 0 Å². The molecule has 0 aliphatic rings. The molecule has 7 nitrogen and oxygen atoms in total. The van der Waals surface area contributed by atoms with E-state index in [0.717, 1.165) is 18.0 Å². The van der Waals surface area contributed by atoms with E-state index in [4.69, 9.17) is 14.2 Å². The molecule has 158 valence electrons. The average molecular weight is 412 g/mol. The highest BCUT2D eigenvalue weighted by Crippen LogP contribution is 2.30. The van der Waals surface area contributed by atoms with Gasteiger partial charge in [0, 0.05) is 31.1 Å². The zero-order chi connectivity index (χ0) is 21.3. The van der Waals surface area contributed by atoms with Crippen LogP contribution in [0.15, 0.2) is 41.5 Å². The average Bonchev–Trinajstić information content (AvgIpc) is 2.71. The fourth-order valence-electron chi connectivity index (χ4n) is 2.29. The van der Waals surface area contributed by atoms with Gasteiger partial charge in [0.15, 0.2) is 17.5 Å². The van der Waals surface area contributed by atoms with Crippen molar-refractivity contribution in [2.75, 3.05) is 39.2 Å². The van der Waals surface area contributed by atoms with Gasteiger partial charge >= 0.3 is 6.18 Å². The summed E-state index contributed by atoms with van der Waals surface area (Å²) in [6.07, 6.45) is -3.68. The molecule has 1 aromatic carbocycles. The number of alkyl halides is 3. The smallest absolute Gasteiger partial charge is 0.417 e. The first-order chi connectivity index (χ1) is 13.9. The summed E-state index contributed by atoms with van der Waals surface area (Å²) < 4.78 is 53.7. The minimum atomic E-state index is -4.42. The van der Waals surface area contributed by atoms with Crippen molar-refractivity contribution >= 4 is 11.6 Å². The van der Waals surface area contributed by atoms with Crippen LogP contribution in [0.4, 0.5) is 18.9 Å². The van der Waals surface area contributed by atoms with Gasteiger partial charge in [0.05, 0.1) is 25.8 Å². The standard InChI is InChI=1S/C19H23F3N4O3/c1-4-28-15-7-6-14(11-16(15)27-3)26-18(23-2)24-9-10-29-17-8-5-13(12-25-17)19(20,21)22/h5-8,11-12H,4,9-10H2,1-3H3,(H2,23,24,26). The summed E-state index contributed by atoms with van der Waals surface area (Å²) >= 11 is 0. The second kappa shape index (κ2) is 10.4. The van der Waals surface area contributed by atoms with Gasteiger partial charge in [-0.1, -0.05) is 0 Å². The summed E-state index contributed by atoms with van der Waals surface area (Å²) in [5.41, 5.74) is -0.0814. The van der Waals surface area contributed by atoms with Crippen LogP contribution in [0.2, 0.25) is 0 Å². The van der Waals surface area contributed by atoms with E-state index >= 15 is 0 Å². The lowest BCUT2D eigenvalue weighted by Crippen LogP contribution is -2.33. The monoisotopic (exact) mass is 412 g/mol. The molecule has 0 aliphatic heterocycles. The molecule has 1 heterocycles. The first-order valence-corrected chi connectivity index (χ1v) is 8.82. The van der Waals surface area contributed by atoms with E-state index in [0.29, 0.717) is 30.6 Å². The van der Waals surface area contributed by atoms with E-state index in [1.807, 2.05) is 13.0 Å². The van der Waals surface area contributed by atoms with Crippen LogP contribution in [0.25, 0.3) is 0 Å². The summed E-state index contributed by atoms with van der Waals surface area (Å²) in [4.78, 5) is 7.76. The Morgan fingerprint density at radius 1 is 1.14 bits per heavy atom. The van der Waals surface area contributed by atoms with Crippen LogP contribution in [0.1, 0.15) is 12.5 Å². The van der Waals surface area contributed by atoms with Crippen molar-refractivity contribution in [1.82, 2.24) is 10.3 Å². The molecule has 0 saturated heterocycles. The minimum Gasteiger partial charge on any atom is -0.493 e. The number of aliphatic imine (C=N–C) groups is 1. The number of methoxy groups -OCH3 is 1. The van der Waals surface area contributed by atoms with Gasteiger partial charge in [-0.3, -0.25) is 4.99 Å². The molecule has 0 atom stereocenters. The second-order valence-electron chi connectivity index (χ2n) is 5.65. The maximum absolute atomic E-state index is 12.5. The fraction of sp³-hybridized carbons (Fsp3) is 0.368. The van der Waals surface area contributed by atoms with Gasteiger partial charge in [-0.25, -0.2) is 4.98 Å². The quantitative estimate of drug-likeness (QED) is 0.392. The van der Waals surface area contributed by atoms with Gasteiger partial charge in [0.1, 0.15) is 6.61 Å². The predicted octanol–water partition coefficient (Wildman–Crippen LogP) is 3.57. The Morgan fingerprint density at radius 2 is 1.93 bits per heavy atom. The lowest BCUT2D eigenvalue weighted by atomic mass is 10.2. The molecule has 0 aliphatic carbocycles. The summed E-state index contributed by atoms with van der Waals surface area (Å²) in [7, 11) is 3.17. The topological polar surface area (TPSA) is 77.0 Å². The number of guanidine groups is 1. The Balaban J connectivity index is 1.83. The molecule has 0 bridgehead atoms. The number of hydrogen-bond acceptors (Lipinski definition) is 5. The van der Waals surface area contributed by atoms with Crippen LogP contribution in [-0.2, 0) is 6.18 Å². The SMILES string of the molecule is CCOc1ccc(NC(=NC)NCCOc2ccc(C(F)(F)F)cn2)cc1OC. The van der Waals surface area contributed by atoms with Crippen molar-refractivity contribution in [3.8, 4) is 17.4 Å². The van der Waals surface area contributed by atoms with Crippen molar-refractivity contribution < 1.29 is 27.4 Å². The lowest BCUT2D eigenvalue weighted by molar-refractivity contribution is -0.137. The number of halogens is 3. The summed E-state index contributed by atoms with van der Waals surface area (Å²) in [5, 5.41) is 6.14. The third-order valence-corrected chi connectivity index (χ3v) is 3.66. The molecular weight excluding hydrogens is 389 g/mol. The van der Waals surface area contributed by atoms with Crippen molar-refractivity contribution in [3.63, 3.8) is 0 Å². The molecule has 2 N–H and O–H groups in total. The number of nitrogens with zero attached hydrogens (tertiary/aromatic N) is 2. The van der Waals surface area contributed by atoms with Crippen LogP contribution in [0, 0.1) is 0 Å². The summed E-state index contributed by atoms with van der Waals surface area (Å²) in [6, 6.07) is 7.50. The van der Waals surface area contributed by atoms with Crippen molar-refractivity contribution in [2.24, 2.45) is 4.99 Å². The van der Waals surface area contributed by atoms with Crippen LogP contribution in [-0.4, -0.2) is 44.9 Å². The van der Waals surface area contributed by atoms with Gasteiger partial charge < -0.3 is 24.8 Å². The van der Waals surface area contributed by atoms with Gasteiger partial charge in [0.2, 0.25) is 5.88 Å². The Labute approximate surface area is 166 Å². The molecular formula is C19H23F3N4O3. The molecule has 10 heteroatoms. The molecule has 0 amide bonds. The predicted molar refractivity (Wildman–Crippen MR) is 104 cm³/mol. The van der Waals surface area contributed by atoms with Gasteiger partial charge in [-0.15, -0.1) is 0 Å². The molecule has 29 heavy (non-hydrogen) atoms. The normalized spacial score (nSPS) is 11.7. The summed E-state index contributed by atoms with van der Waals surface area (Å²) in [5.74, 6) is 1.82. The molecule has 0 unspecified atom stereocenters. The number of nitrogens with one attached hydrogen (secondary N) is 2. The second-order valence-corrected chi connectivity index (χ2v) is 5.65. The van der Waals surface area contributed by atoms with Gasteiger partial charge in [-0.05, 0) is 25.1 Å². The van der Waals surface area contributed by atoms with E-state index in [2.05, 4.69) is 20.6 Å². The summed E-state index contributed by atoms with van der Waals surface area (Å²) in [6.45, 7) is 2.96. The van der Waals surface area contributed by atoms with E-state index in [9.17, 15) is 13.2 Å². The number of aromatic nitrogens is 1. The van der Waals surface area contributed by atoms with E-state index in [1.165, 1.54) is 6.07 Å². The van der Waals surface area contributed by atoms with Gasteiger partial charge in [-0.2, -0.15) is 13.2 Å². The third kappa shape index (κ3) is 6.74. The van der Waals surface area contributed by atoms with Crippen LogP contribution in [0.5, 0.6) is 17.4 Å². The number of hydrogen-bond donors (Lipinski definition) is 2. The Hall–Kier alpha value is -3.17. The fourth-order valence-corrected chi connectivity index (χ4v) is 2.29. The van der Waals surface area contributed by atoms with Crippen molar-refractivity contribution in [2.45, 2.75) is 13.1 Å².